The van der Waals surface area contributed by atoms with Gasteiger partial charge in [-0.3, -0.25) is 4.98 Å². The largest absolute Gasteiger partial charge is 0.496 e. The minimum Gasteiger partial charge on any atom is -0.496 e. The quantitative estimate of drug-likeness (QED) is 0.935. The smallest absolute Gasteiger partial charge is 0.128 e. The molecule has 0 aliphatic heterocycles. The van der Waals surface area contributed by atoms with Crippen LogP contribution in [0.3, 0.4) is 0 Å². The highest BCUT2D eigenvalue weighted by atomic mass is 35.5. The maximum Gasteiger partial charge on any atom is 0.128 e. The van der Waals surface area contributed by atoms with Gasteiger partial charge in [0.05, 0.1) is 18.2 Å². The minimum absolute atomic E-state index is 0.458. The van der Waals surface area contributed by atoms with Crippen molar-refractivity contribution in [1.82, 2.24) is 4.98 Å². The van der Waals surface area contributed by atoms with E-state index in [1.54, 1.807) is 19.4 Å². The molecule has 0 aliphatic rings. The maximum atomic E-state index is 10.2. The lowest BCUT2D eigenvalue weighted by Gasteiger charge is -2.14. The van der Waals surface area contributed by atoms with Gasteiger partial charge in [-0.15, -0.1) is 11.3 Å². The van der Waals surface area contributed by atoms with Gasteiger partial charge in [-0.25, -0.2) is 0 Å². The van der Waals surface area contributed by atoms with E-state index in [1.165, 1.54) is 11.3 Å². The van der Waals surface area contributed by atoms with Crippen molar-refractivity contribution in [1.29, 1.82) is 0 Å². The molecule has 0 saturated heterocycles. The second-order valence-electron chi connectivity index (χ2n) is 4.43. The predicted octanol–water partition coefficient (Wildman–Crippen LogP) is 3.70. The first-order valence-corrected chi connectivity index (χ1v) is 7.19. The molecule has 1 unspecified atom stereocenters. The number of rotatable bonds is 4. The number of hydrogen-bond donors (Lipinski definition) is 1. The van der Waals surface area contributed by atoms with Crippen LogP contribution in [-0.2, 0) is 6.42 Å². The van der Waals surface area contributed by atoms with Crippen molar-refractivity contribution in [3.63, 3.8) is 0 Å². The van der Waals surface area contributed by atoms with Crippen LogP contribution in [0.15, 0.2) is 17.6 Å². The fourth-order valence-corrected chi connectivity index (χ4v) is 3.13. The fraction of sp³-hybridized carbons (Fsp3) is 0.357. The lowest BCUT2D eigenvalue weighted by Crippen LogP contribution is -2.05. The Kier molecular flexibility index (Phi) is 4.45. The summed E-state index contributed by atoms with van der Waals surface area (Å²) in [5.41, 5.74) is 2.82. The molecule has 2 aromatic heterocycles. The van der Waals surface area contributed by atoms with E-state index >= 15 is 0 Å². The number of aliphatic hydroxyl groups excluding tert-OH is 1. The molecular weight excluding hydrogens is 282 g/mol. The number of methoxy groups -OCH3 is 1. The molecule has 5 heteroatoms. The number of ether oxygens (including phenoxy) is 1. The van der Waals surface area contributed by atoms with Crippen LogP contribution in [-0.4, -0.2) is 17.2 Å². The fourth-order valence-electron chi connectivity index (χ4n) is 2.06. The molecule has 2 aromatic rings. The molecule has 0 radical (unpaired) electrons. The van der Waals surface area contributed by atoms with Gasteiger partial charge in [-0.2, -0.15) is 0 Å². The van der Waals surface area contributed by atoms with E-state index in [2.05, 4.69) is 4.98 Å². The molecule has 3 nitrogen and oxygen atoms in total. The van der Waals surface area contributed by atoms with Crippen LogP contribution in [0.25, 0.3) is 0 Å². The minimum atomic E-state index is -0.587. The van der Waals surface area contributed by atoms with Crippen molar-refractivity contribution in [3.05, 3.63) is 44.4 Å². The summed E-state index contributed by atoms with van der Waals surface area (Å²) >= 11 is 7.33. The van der Waals surface area contributed by atoms with E-state index in [0.717, 1.165) is 27.4 Å². The molecular formula is C14H16ClNO2S. The SMILES string of the molecule is COc1c(C)cnc(CC(O)c2cc(Cl)cs2)c1C. The van der Waals surface area contributed by atoms with Gasteiger partial charge >= 0.3 is 0 Å². The zero-order chi connectivity index (χ0) is 14.0. The van der Waals surface area contributed by atoms with Crippen molar-refractivity contribution in [2.45, 2.75) is 26.4 Å². The van der Waals surface area contributed by atoms with Crippen LogP contribution in [0.2, 0.25) is 5.02 Å². The molecule has 0 fully saturated rings. The van der Waals surface area contributed by atoms with Crippen LogP contribution < -0.4 is 4.74 Å². The first-order chi connectivity index (χ1) is 9.02. The van der Waals surface area contributed by atoms with E-state index < -0.39 is 6.10 Å². The van der Waals surface area contributed by atoms with E-state index in [4.69, 9.17) is 16.3 Å². The molecule has 0 spiro atoms. The van der Waals surface area contributed by atoms with Gasteiger partial charge in [0.2, 0.25) is 0 Å². The molecule has 1 N–H and O–H groups in total. The predicted molar refractivity (Wildman–Crippen MR) is 78.3 cm³/mol. The Morgan fingerprint density at radius 3 is 2.79 bits per heavy atom. The van der Waals surface area contributed by atoms with E-state index in [0.29, 0.717) is 11.4 Å². The highest BCUT2D eigenvalue weighted by Gasteiger charge is 2.16. The van der Waals surface area contributed by atoms with Gasteiger partial charge in [0.25, 0.3) is 0 Å². The third-order valence-electron chi connectivity index (χ3n) is 3.05. The topological polar surface area (TPSA) is 42.4 Å². The average molecular weight is 298 g/mol. The Morgan fingerprint density at radius 1 is 1.47 bits per heavy atom. The van der Waals surface area contributed by atoms with Crippen LogP contribution in [0.5, 0.6) is 5.75 Å². The standard InChI is InChI=1S/C14H16ClNO2S/c1-8-6-16-11(9(2)14(8)18-3)5-12(17)13-4-10(15)7-19-13/h4,6-7,12,17H,5H2,1-3H3. The summed E-state index contributed by atoms with van der Waals surface area (Å²) in [5.74, 6) is 0.835. The Labute approximate surface area is 121 Å². The number of aromatic nitrogens is 1. The summed E-state index contributed by atoms with van der Waals surface area (Å²) in [4.78, 5) is 5.24. The number of aryl methyl sites for hydroxylation is 1. The Bertz CT molecular complexity index is 583. The molecule has 0 saturated carbocycles. The van der Waals surface area contributed by atoms with Crippen LogP contribution in [0.1, 0.15) is 27.8 Å². The number of nitrogens with zero attached hydrogens (tertiary/aromatic N) is 1. The number of pyridine rings is 1. The van der Waals surface area contributed by atoms with Gasteiger partial charge in [0.15, 0.2) is 0 Å². The van der Waals surface area contributed by atoms with Gasteiger partial charge in [0.1, 0.15) is 5.75 Å². The summed E-state index contributed by atoms with van der Waals surface area (Å²) in [6.45, 7) is 3.92. The van der Waals surface area contributed by atoms with Gasteiger partial charge in [-0.05, 0) is 19.9 Å². The Balaban J connectivity index is 2.24. The molecule has 0 aromatic carbocycles. The zero-order valence-electron chi connectivity index (χ0n) is 11.1. The van der Waals surface area contributed by atoms with Gasteiger partial charge in [-0.1, -0.05) is 11.6 Å². The number of thiophene rings is 1. The third-order valence-corrected chi connectivity index (χ3v) is 4.43. The summed E-state index contributed by atoms with van der Waals surface area (Å²) in [6, 6.07) is 1.79. The number of hydrogen-bond acceptors (Lipinski definition) is 4. The van der Waals surface area contributed by atoms with E-state index in [1.807, 2.05) is 19.2 Å². The molecule has 2 heterocycles. The molecule has 102 valence electrons. The lowest BCUT2D eigenvalue weighted by molar-refractivity contribution is 0.180. The number of halogens is 1. The van der Waals surface area contributed by atoms with Crippen LogP contribution in [0, 0.1) is 13.8 Å². The van der Waals surface area contributed by atoms with Crippen molar-refractivity contribution in [2.75, 3.05) is 7.11 Å². The normalized spacial score (nSPS) is 12.5. The molecule has 0 amide bonds. The first kappa shape index (κ1) is 14.3. The first-order valence-electron chi connectivity index (χ1n) is 5.94. The second kappa shape index (κ2) is 5.90. The summed E-state index contributed by atoms with van der Waals surface area (Å²) < 4.78 is 5.37. The Hall–Kier alpha value is -1.10. The monoisotopic (exact) mass is 297 g/mol. The van der Waals surface area contributed by atoms with Crippen LogP contribution >= 0.6 is 22.9 Å². The van der Waals surface area contributed by atoms with Crippen molar-refractivity contribution in [2.24, 2.45) is 0 Å². The van der Waals surface area contributed by atoms with E-state index in [9.17, 15) is 5.11 Å². The highest BCUT2D eigenvalue weighted by Crippen LogP contribution is 2.30. The van der Waals surface area contributed by atoms with Crippen LogP contribution in [0.4, 0.5) is 0 Å². The second-order valence-corrected chi connectivity index (χ2v) is 5.81. The van der Waals surface area contributed by atoms with Crippen molar-refractivity contribution in [3.8, 4) is 5.75 Å². The van der Waals surface area contributed by atoms with Gasteiger partial charge < -0.3 is 9.84 Å². The molecule has 19 heavy (non-hydrogen) atoms. The summed E-state index contributed by atoms with van der Waals surface area (Å²) in [5, 5.41) is 12.7. The zero-order valence-corrected chi connectivity index (χ0v) is 12.7. The maximum absolute atomic E-state index is 10.2. The summed E-state index contributed by atoms with van der Waals surface area (Å²) in [7, 11) is 1.65. The summed E-state index contributed by atoms with van der Waals surface area (Å²) in [6.07, 6.45) is 1.64. The molecule has 0 aliphatic carbocycles. The molecule has 0 bridgehead atoms. The van der Waals surface area contributed by atoms with Gasteiger partial charge in [0, 0.05) is 39.7 Å². The number of aliphatic hydroxyl groups is 1. The van der Waals surface area contributed by atoms with Crippen molar-refractivity contribution < 1.29 is 9.84 Å². The van der Waals surface area contributed by atoms with Crippen molar-refractivity contribution >= 4 is 22.9 Å². The Morgan fingerprint density at radius 2 is 2.21 bits per heavy atom. The van der Waals surface area contributed by atoms with E-state index in [-0.39, 0.29) is 0 Å². The molecule has 2 rings (SSSR count). The average Bonchev–Trinajstić information content (AvgIpc) is 2.80. The lowest BCUT2D eigenvalue weighted by atomic mass is 10.1. The molecule has 1 atom stereocenters. The third kappa shape index (κ3) is 3.08. The highest BCUT2D eigenvalue weighted by molar-refractivity contribution is 7.10.